The van der Waals surface area contributed by atoms with Crippen molar-refractivity contribution in [1.29, 1.82) is 0 Å². The molecule has 0 saturated carbocycles. The molecule has 2 unspecified atom stereocenters. The Morgan fingerprint density at radius 2 is 2.33 bits per heavy atom. The topological polar surface area (TPSA) is 88.7 Å². The van der Waals surface area contributed by atoms with Crippen molar-refractivity contribution >= 4 is 11.8 Å². The lowest BCUT2D eigenvalue weighted by Crippen LogP contribution is -2.55. The highest BCUT2D eigenvalue weighted by atomic mass is 16.5. The summed E-state index contributed by atoms with van der Waals surface area (Å²) in [5.74, 6) is -0.443. The third-order valence-corrected chi connectivity index (χ3v) is 2.60. The molecule has 0 aromatic heterocycles. The summed E-state index contributed by atoms with van der Waals surface area (Å²) in [5.41, 5.74) is 0. The van der Waals surface area contributed by atoms with E-state index < -0.39 is 6.04 Å². The molecule has 7 heteroatoms. The second kappa shape index (κ2) is 8.02. The third kappa shape index (κ3) is 4.99. The molecule has 104 valence electrons. The summed E-state index contributed by atoms with van der Waals surface area (Å²) in [7, 11) is 1.56. The van der Waals surface area contributed by atoms with Crippen molar-refractivity contribution in [1.82, 2.24) is 16.0 Å². The molecule has 18 heavy (non-hydrogen) atoms. The number of rotatable bonds is 6. The van der Waals surface area contributed by atoms with Crippen LogP contribution in [0.15, 0.2) is 0 Å². The Balaban J connectivity index is 2.27. The average Bonchev–Trinajstić information content (AvgIpc) is 2.39. The summed E-state index contributed by atoms with van der Waals surface area (Å²) < 4.78 is 10.0. The van der Waals surface area contributed by atoms with Crippen molar-refractivity contribution in [2.75, 3.05) is 40.0 Å². The van der Waals surface area contributed by atoms with Crippen molar-refractivity contribution in [3.05, 3.63) is 0 Å². The van der Waals surface area contributed by atoms with Gasteiger partial charge in [0.15, 0.2) is 0 Å². The van der Waals surface area contributed by atoms with Crippen molar-refractivity contribution in [3.8, 4) is 0 Å². The summed E-state index contributed by atoms with van der Waals surface area (Å²) in [6.07, 6.45) is 0. The molecule has 0 aromatic rings. The number of amides is 2. The Hall–Kier alpha value is -1.18. The average molecular weight is 259 g/mol. The van der Waals surface area contributed by atoms with E-state index in [0.29, 0.717) is 32.9 Å². The van der Waals surface area contributed by atoms with Crippen LogP contribution in [-0.4, -0.2) is 63.9 Å². The molecule has 1 fully saturated rings. The first kappa shape index (κ1) is 14.9. The molecule has 0 spiro atoms. The fraction of sp³-hybridized carbons (Fsp3) is 0.818. The third-order valence-electron chi connectivity index (χ3n) is 2.60. The number of carbonyl (C=O) groups excluding carboxylic acids is 2. The smallest absolute Gasteiger partial charge is 0.242 e. The highest BCUT2D eigenvalue weighted by Gasteiger charge is 2.24. The van der Waals surface area contributed by atoms with Crippen LogP contribution in [0.4, 0.5) is 0 Å². The predicted octanol–water partition coefficient (Wildman–Crippen LogP) is -1.76. The Morgan fingerprint density at radius 1 is 1.56 bits per heavy atom. The van der Waals surface area contributed by atoms with Crippen LogP contribution < -0.4 is 16.0 Å². The van der Waals surface area contributed by atoms with Gasteiger partial charge in [-0.1, -0.05) is 0 Å². The van der Waals surface area contributed by atoms with E-state index in [4.69, 9.17) is 9.47 Å². The molecule has 0 bridgehead atoms. The lowest BCUT2D eigenvalue weighted by atomic mass is 10.2. The normalized spacial score (nSPS) is 21.1. The fourth-order valence-electron chi connectivity index (χ4n) is 1.54. The summed E-state index contributed by atoms with van der Waals surface area (Å²) >= 11 is 0. The van der Waals surface area contributed by atoms with Crippen LogP contribution in [0.1, 0.15) is 6.92 Å². The van der Waals surface area contributed by atoms with Gasteiger partial charge in [-0.05, 0) is 6.92 Å². The maximum absolute atomic E-state index is 11.8. The Bertz CT molecular complexity index is 279. The van der Waals surface area contributed by atoms with E-state index in [-0.39, 0.29) is 17.9 Å². The molecule has 1 aliphatic heterocycles. The van der Waals surface area contributed by atoms with E-state index in [1.54, 1.807) is 14.0 Å². The SMILES string of the molecule is COCCNC(=O)C(C)NC(=O)C1COCCN1. The molecule has 0 aromatic carbocycles. The first-order valence-electron chi connectivity index (χ1n) is 6.03. The molecule has 1 aliphatic rings. The van der Waals surface area contributed by atoms with Gasteiger partial charge in [-0.25, -0.2) is 0 Å². The number of morpholine rings is 1. The fourth-order valence-corrected chi connectivity index (χ4v) is 1.54. The number of hydrogen-bond donors (Lipinski definition) is 3. The number of methoxy groups -OCH3 is 1. The van der Waals surface area contributed by atoms with Crippen molar-refractivity contribution in [2.24, 2.45) is 0 Å². The zero-order valence-corrected chi connectivity index (χ0v) is 10.8. The van der Waals surface area contributed by atoms with Gasteiger partial charge in [-0.15, -0.1) is 0 Å². The van der Waals surface area contributed by atoms with Crippen molar-refractivity contribution in [3.63, 3.8) is 0 Å². The Morgan fingerprint density at radius 3 is 2.94 bits per heavy atom. The van der Waals surface area contributed by atoms with E-state index in [9.17, 15) is 9.59 Å². The van der Waals surface area contributed by atoms with E-state index in [2.05, 4.69) is 16.0 Å². The van der Waals surface area contributed by atoms with Crippen LogP contribution >= 0.6 is 0 Å². The largest absolute Gasteiger partial charge is 0.383 e. The standard InChI is InChI=1S/C11H21N3O4/c1-8(10(15)13-3-5-17-2)14-11(16)9-7-18-6-4-12-9/h8-9,12H,3-7H2,1-2H3,(H,13,15)(H,14,16). The summed E-state index contributed by atoms with van der Waals surface area (Å²) in [6.45, 7) is 4.11. The molecule has 1 rings (SSSR count). The van der Waals surface area contributed by atoms with Gasteiger partial charge in [0.25, 0.3) is 0 Å². The van der Waals surface area contributed by atoms with Gasteiger partial charge in [0.05, 0.1) is 19.8 Å². The molecular formula is C11H21N3O4. The molecule has 1 heterocycles. The van der Waals surface area contributed by atoms with Crippen molar-refractivity contribution < 1.29 is 19.1 Å². The zero-order valence-electron chi connectivity index (χ0n) is 10.8. The minimum Gasteiger partial charge on any atom is -0.383 e. The second-order valence-corrected chi connectivity index (χ2v) is 4.10. The molecule has 0 radical (unpaired) electrons. The number of hydrogen-bond acceptors (Lipinski definition) is 5. The van der Waals surface area contributed by atoms with E-state index in [1.165, 1.54) is 0 Å². The first-order chi connectivity index (χ1) is 8.65. The summed E-state index contributed by atoms with van der Waals surface area (Å²) in [5, 5.41) is 8.33. The van der Waals surface area contributed by atoms with Crippen LogP contribution in [0.5, 0.6) is 0 Å². The van der Waals surface area contributed by atoms with E-state index >= 15 is 0 Å². The van der Waals surface area contributed by atoms with Gasteiger partial charge in [-0.3, -0.25) is 9.59 Å². The van der Waals surface area contributed by atoms with Gasteiger partial charge in [-0.2, -0.15) is 0 Å². The molecule has 3 N–H and O–H groups in total. The zero-order chi connectivity index (χ0) is 13.4. The van der Waals surface area contributed by atoms with Crippen LogP contribution in [0, 0.1) is 0 Å². The van der Waals surface area contributed by atoms with Gasteiger partial charge < -0.3 is 25.4 Å². The molecular weight excluding hydrogens is 238 g/mol. The highest BCUT2D eigenvalue weighted by molar-refractivity contribution is 5.89. The Kier molecular flexibility index (Phi) is 6.63. The first-order valence-corrected chi connectivity index (χ1v) is 6.03. The van der Waals surface area contributed by atoms with Gasteiger partial charge in [0.2, 0.25) is 11.8 Å². The molecule has 2 atom stereocenters. The van der Waals surface area contributed by atoms with Gasteiger partial charge in [0, 0.05) is 20.2 Å². The molecule has 2 amide bonds. The van der Waals surface area contributed by atoms with Crippen LogP contribution in [0.25, 0.3) is 0 Å². The molecule has 7 nitrogen and oxygen atoms in total. The van der Waals surface area contributed by atoms with Gasteiger partial charge >= 0.3 is 0 Å². The maximum Gasteiger partial charge on any atom is 0.242 e. The number of ether oxygens (including phenoxy) is 2. The lowest BCUT2D eigenvalue weighted by molar-refractivity contribution is -0.131. The quantitative estimate of drug-likeness (QED) is 0.492. The predicted molar refractivity (Wildman–Crippen MR) is 65.1 cm³/mol. The highest BCUT2D eigenvalue weighted by Crippen LogP contribution is 1.94. The minimum atomic E-state index is -0.571. The number of nitrogens with one attached hydrogen (secondary N) is 3. The summed E-state index contributed by atoms with van der Waals surface area (Å²) in [4.78, 5) is 23.4. The van der Waals surface area contributed by atoms with Crippen molar-refractivity contribution in [2.45, 2.75) is 19.0 Å². The van der Waals surface area contributed by atoms with Crippen LogP contribution in [0.2, 0.25) is 0 Å². The molecule has 1 saturated heterocycles. The Labute approximate surface area is 107 Å². The summed E-state index contributed by atoms with van der Waals surface area (Å²) in [6, 6.07) is -0.953. The monoisotopic (exact) mass is 259 g/mol. The second-order valence-electron chi connectivity index (χ2n) is 4.10. The lowest BCUT2D eigenvalue weighted by Gasteiger charge is -2.24. The van der Waals surface area contributed by atoms with Gasteiger partial charge in [0.1, 0.15) is 12.1 Å². The molecule has 0 aliphatic carbocycles. The maximum atomic E-state index is 11.8. The number of carbonyl (C=O) groups is 2. The van der Waals surface area contributed by atoms with E-state index in [0.717, 1.165) is 0 Å². The van der Waals surface area contributed by atoms with Crippen LogP contribution in [-0.2, 0) is 19.1 Å². The van der Waals surface area contributed by atoms with E-state index in [1.807, 2.05) is 0 Å². The van der Waals surface area contributed by atoms with Crippen LogP contribution in [0.3, 0.4) is 0 Å². The minimum absolute atomic E-state index is 0.218.